The molecule has 0 saturated carbocycles. The van der Waals surface area contributed by atoms with E-state index in [0.29, 0.717) is 16.9 Å². The average molecular weight is 254 g/mol. The Bertz CT molecular complexity index is 555. The van der Waals surface area contributed by atoms with Crippen molar-refractivity contribution in [1.82, 2.24) is 0 Å². The SMILES string of the molecule is COc1ccc(F)cc1-c1cc(F)[c]cc1Cl. The summed E-state index contributed by atoms with van der Waals surface area (Å²) in [6, 6.07) is 8.81. The first-order valence-corrected chi connectivity index (χ1v) is 5.20. The van der Waals surface area contributed by atoms with Gasteiger partial charge in [0.1, 0.15) is 17.4 Å². The van der Waals surface area contributed by atoms with E-state index < -0.39 is 11.6 Å². The molecule has 2 aromatic carbocycles. The molecule has 2 rings (SSSR count). The van der Waals surface area contributed by atoms with Crippen LogP contribution in [-0.4, -0.2) is 7.11 Å². The molecule has 0 aliphatic heterocycles. The summed E-state index contributed by atoms with van der Waals surface area (Å²) in [5.74, 6) is -0.570. The Morgan fingerprint density at radius 2 is 1.94 bits per heavy atom. The standard InChI is InChI=1S/C13H8ClF2O/c1-17-13-5-3-9(16)7-11(13)10-6-8(15)2-4-12(10)14/h3-7H,1H3. The van der Waals surface area contributed by atoms with Crippen molar-refractivity contribution in [2.45, 2.75) is 0 Å². The predicted molar refractivity (Wildman–Crippen MR) is 62.2 cm³/mol. The molecule has 0 bridgehead atoms. The van der Waals surface area contributed by atoms with Crippen LogP contribution < -0.4 is 4.74 Å². The molecular formula is C13H8ClF2O. The van der Waals surface area contributed by atoms with Crippen molar-refractivity contribution in [1.29, 1.82) is 0 Å². The summed E-state index contributed by atoms with van der Waals surface area (Å²) in [6.07, 6.45) is 0. The van der Waals surface area contributed by atoms with Crippen LogP contribution in [0.1, 0.15) is 0 Å². The van der Waals surface area contributed by atoms with E-state index in [1.165, 1.54) is 37.4 Å². The topological polar surface area (TPSA) is 9.23 Å². The monoisotopic (exact) mass is 253 g/mol. The van der Waals surface area contributed by atoms with E-state index in [1.54, 1.807) is 0 Å². The van der Waals surface area contributed by atoms with Gasteiger partial charge in [-0.2, -0.15) is 0 Å². The molecule has 0 heterocycles. The second-order valence-electron chi connectivity index (χ2n) is 3.39. The second kappa shape index (κ2) is 4.72. The second-order valence-corrected chi connectivity index (χ2v) is 3.79. The summed E-state index contributed by atoms with van der Waals surface area (Å²) in [6.45, 7) is 0. The van der Waals surface area contributed by atoms with Crippen LogP contribution in [0.2, 0.25) is 5.02 Å². The van der Waals surface area contributed by atoms with Crippen molar-refractivity contribution >= 4 is 11.6 Å². The fourth-order valence-electron chi connectivity index (χ4n) is 1.54. The van der Waals surface area contributed by atoms with E-state index >= 15 is 0 Å². The van der Waals surface area contributed by atoms with Crippen molar-refractivity contribution in [3.8, 4) is 16.9 Å². The molecule has 87 valence electrons. The van der Waals surface area contributed by atoms with E-state index in [2.05, 4.69) is 6.07 Å². The maximum atomic E-state index is 13.2. The van der Waals surface area contributed by atoms with Crippen LogP contribution in [0.15, 0.2) is 30.3 Å². The number of ether oxygens (including phenoxy) is 1. The fraction of sp³-hybridized carbons (Fsp3) is 0.0769. The Morgan fingerprint density at radius 1 is 1.18 bits per heavy atom. The van der Waals surface area contributed by atoms with Crippen molar-refractivity contribution in [3.05, 3.63) is 53.1 Å². The molecule has 4 heteroatoms. The molecule has 0 amide bonds. The number of hydrogen-bond donors (Lipinski definition) is 0. The van der Waals surface area contributed by atoms with Crippen LogP contribution in [0.3, 0.4) is 0 Å². The summed E-state index contributed by atoms with van der Waals surface area (Å²) in [4.78, 5) is 0. The normalized spacial score (nSPS) is 10.4. The summed E-state index contributed by atoms with van der Waals surface area (Å²) in [5, 5.41) is 0.287. The van der Waals surface area contributed by atoms with Gasteiger partial charge in [0, 0.05) is 22.2 Å². The summed E-state index contributed by atoms with van der Waals surface area (Å²) in [7, 11) is 1.45. The van der Waals surface area contributed by atoms with Crippen LogP contribution in [0.5, 0.6) is 5.75 Å². The summed E-state index contributed by atoms with van der Waals surface area (Å²) in [5.41, 5.74) is 0.782. The van der Waals surface area contributed by atoms with Gasteiger partial charge in [0.25, 0.3) is 0 Å². The predicted octanol–water partition coefficient (Wildman–Crippen LogP) is 4.09. The zero-order chi connectivity index (χ0) is 12.4. The van der Waals surface area contributed by atoms with Crippen molar-refractivity contribution < 1.29 is 13.5 Å². The van der Waals surface area contributed by atoms with Crippen LogP contribution in [0.25, 0.3) is 11.1 Å². The number of methoxy groups -OCH3 is 1. The maximum absolute atomic E-state index is 13.2. The molecular weight excluding hydrogens is 246 g/mol. The lowest BCUT2D eigenvalue weighted by Crippen LogP contribution is -1.90. The molecule has 0 aromatic heterocycles. The molecule has 2 aromatic rings. The molecule has 1 radical (unpaired) electrons. The first-order chi connectivity index (χ1) is 8.11. The zero-order valence-electron chi connectivity index (χ0n) is 8.93. The highest BCUT2D eigenvalue weighted by molar-refractivity contribution is 6.33. The molecule has 17 heavy (non-hydrogen) atoms. The Labute approximate surface area is 103 Å². The van der Waals surface area contributed by atoms with Gasteiger partial charge in [-0.05, 0) is 30.3 Å². The van der Waals surface area contributed by atoms with Crippen molar-refractivity contribution in [3.63, 3.8) is 0 Å². The quantitative estimate of drug-likeness (QED) is 0.783. The van der Waals surface area contributed by atoms with Gasteiger partial charge < -0.3 is 4.74 Å². The van der Waals surface area contributed by atoms with E-state index in [9.17, 15) is 8.78 Å². The third-order valence-electron chi connectivity index (χ3n) is 2.32. The van der Waals surface area contributed by atoms with Gasteiger partial charge in [-0.1, -0.05) is 11.6 Å². The summed E-state index contributed by atoms with van der Waals surface area (Å²) >= 11 is 5.94. The van der Waals surface area contributed by atoms with E-state index in [0.717, 1.165) is 0 Å². The molecule has 1 nitrogen and oxygen atoms in total. The smallest absolute Gasteiger partial charge is 0.131 e. The lowest BCUT2D eigenvalue weighted by Gasteiger charge is -2.10. The Kier molecular flexibility index (Phi) is 3.29. The molecule has 0 aliphatic carbocycles. The lowest BCUT2D eigenvalue weighted by atomic mass is 10.0. The molecule has 0 aliphatic rings. The highest BCUT2D eigenvalue weighted by Crippen LogP contribution is 2.35. The van der Waals surface area contributed by atoms with Crippen LogP contribution in [-0.2, 0) is 0 Å². The van der Waals surface area contributed by atoms with Crippen LogP contribution in [0, 0.1) is 17.7 Å². The van der Waals surface area contributed by atoms with Crippen molar-refractivity contribution in [2.24, 2.45) is 0 Å². The maximum Gasteiger partial charge on any atom is 0.131 e. The number of halogens is 3. The largest absolute Gasteiger partial charge is 0.496 e. The van der Waals surface area contributed by atoms with Crippen LogP contribution >= 0.6 is 11.6 Å². The number of hydrogen-bond acceptors (Lipinski definition) is 1. The molecule has 0 fully saturated rings. The first-order valence-electron chi connectivity index (χ1n) is 4.82. The minimum Gasteiger partial charge on any atom is -0.496 e. The number of rotatable bonds is 2. The van der Waals surface area contributed by atoms with Gasteiger partial charge in [-0.25, -0.2) is 8.78 Å². The van der Waals surface area contributed by atoms with Gasteiger partial charge >= 0.3 is 0 Å². The lowest BCUT2D eigenvalue weighted by molar-refractivity contribution is 0.415. The Morgan fingerprint density at radius 3 is 2.65 bits per heavy atom. The third-order valence-corrected chi connectivity index (χ3v) is 2.63. The van der Waals surface area contributed by atoms with Crippen LogP contribution in [0.4, 0.5) is 8.78 Å². The molecule has 0 saturated heterocycles. The minimum atomic E-state index is -0.560. The molecule has 0 atom stereocenters. The summed E-state index contributed by atoms with van der Waals surface area (Å²) < 4.78 is 31.4. The fourth-order valence-corrected chi connectivity index (χ4v) is 1.76. The van der Waals surface area contributed by atoms with Gasteiger partial charge in [-0.3, -0.25) is 0 Å². The molecule has 0 unspecified atom stereocenters. The van der Waals surface area contributed by atoms with Gasteiger partial charge in [0.15, 0.2) is 0 Å². The minimum absolute atomic E-state index is 0.287. The Hall–Kier alpha value is -1.61. The third kappa shape index (κ3) is 2.39. The van der Waals surface area contributed by atoms with E-state index in [-0.39, 0.29) is 5.02 Å². The van der Waals surface area contributed by atoms with Gasteiger partial charge in [-0.15, -0.1) is 0 Å². The number of benzene rings is 2. The average Bonchev–Trinajstić information content (AvgIpc) is 2.32. The van der Waals surface area contributed by atoms with Gasteiger partial charge in [0.05, 0.1) is 7.11 Å². The van der Waals surface area contributed by atoms with Gasteiger partial charge in [0.2, 0.25) is 0 Å². The Balaban J connectivity index is 2.66. The van der Waals surface area contributed by atoms with E-state index in [1.807, 2.05) is 0 Å². The van der Waals surface area contributed by atoms with Crippen molar-refractivity contribution in [2.75, 3.05) is 7.11 Å². The molecule has 0 N–H and O–H groups in total. The van der Waals surface area contributed by atoms with E-state index in [4.69, 9.17) is 16.3 Å². The highest BCUT2D eigenvalue weighted by atomic mass is 35.5. The first kappa shape index (κ1) is 11.9. The zero-order valence-corrected chi connectivity index (χ0v) is 9.68. The highest BCUT2D eigenvalue weighted by Gasteiger charge is 2.11. The molecule has 0 spiro atoms.